The van der Waals surface area contributed by atoms with Crippen molar-refractivity contribution in [3.05, 3.63) is 0 Å². The molecule has 0 aromatic carbocycles. The first kappa shape index (κ1) is 20.1. The first-order valence-electron chi connectivity index (χ1n) is 7.14. The van der Waals surface area contributed by atoms with Gasteiger partial charge in [0.05, 0.1) is 45.1 Å². The molecule has 21 heavy (non-hydrogen) atoms. The number of amidine groups is 1. The van der Waals surface area contributed by atoms with Crippen molar-refractivity contribution >= 4 is 5.84 Å². The molecule has 0 aromatic rings. The third-order valence-electron chi connectivity index (χ3n) is 2.80. The third kappa shape index (κ3) is 9.59. The van der Waals surface area contributed by atoms with Crippen LogP contribution in [0.2, 0.25) is 0 Å². The second-order valence-corrected chi connectivity index (χ2v) is 4.95. The van der Waals surface area contributed by atoms with Crippen LogP contribution in [0.4, 0.5) is 0 Å². The minimum absolute atomic E-state index is 0.103. The van der Waals surface area contributed by atoms with E-state index in [1.54, 1.807) is 0 Å². The maximum Gasteiger partial charge on any atom is 0.141 e. The van der Waals surface area contributed by atoms with Crippen molar-refractivity contribution < 1.29 is 24.5 Å². The summed E-state index contributed by atoms with van der Waals surface area (Å²) in [6.45, 7) is 4.53. The molecule has 1 atom stereocenters. The average Bonchev–Trinajstić information content (AvgIpc) is 2.51. The number of hydrogen-bond donors (Lipinski definition) is 4. The summed E-state index contributed by atoms with van der Waals surface area (Å²) >= 11 is 0. The largest absolute Gasteiger partial charge is 0.409 e. The molecule has 8 nitrogen and oxygen atoms in total. The molecule has 0 fully saturated rings. The SMILES string of the molecule is CCCOCC(CO)(COCCN)COCC/C(N)=N\O. The van der Waals surface area contributed by atoms with Crippen LogP contribution in [0.3, 0.4) is 0 Å². The predicted molar refractivity (Wildman–Crippen MR) is 79.3 cm³/mol. The fourth-order valence-electron chi connectivity index (χ4n) is 1.58. The molecule has 0 aromatic heterocycles. The number of aliphatic hydroxyl groups is 1. The quantitative estimate of drug-likeness (QED) is 0.112. The lowest BCUT2D eigenvalue weighted by molar-refractivity contribution is -0.0910. The number of nitrogens with zero attached hydrogens (tertiary/aromatic N) is 1. The Kier molecular flexibility index (Phi) is 12.2. The van der Waals surface area contributed by atoms with Crippen LogP contribution in [-0.2, 0) is 14.2 Å². The van der Waals surface area contributed by atoms with Gasteiger partial charge in [0.2, 0.25) is 0 Å². The maximum absolute atomic E-state index is 9.67. The van der Waals surface area contributed by atoms with Gasteiger partial charge < -0.3 is 36.0 Å². The fraction of sp³-hybridized carbons (Fsp3) is 0.923. The molecular formula is C13H29N3O5. The van der Waals surface area contributed by atoms with Crippen LogP contribution in [0.15, 0.2) is 5.16 Å². The van der Waals surface area contributed by atoms with E-state index in [9.17, 15) is 5.11 Å². The normalized spacial score (nSPS) is 15.1. The van der Waals surface area contributed by atoms with Gasteiger partial charge in [-0.1, -0.05) is 12.1 Å². The van der Waals surface area contributed by atoms with Crippen LogP contribution in [0.25, 0.3) is 0 Å². The smallest absolute Gasteiger partial charge is 0.141 e. The molecule has 0 aliphatic carbocycles. The van der Waals surface area contributed by atoms with Crippen molar-refractivity contribution in [2.75, 3.05) is 52.8 Å². The zero-order chi connectivity index (χ0) is 16.0. The van der Waals surface area contributed by atoms with Gasteiger partial charge in [-0.15, -0.1) is 0 Å². The molecule has 0 amide bonds. The van der Waals surface area contributed by atoms with E-state index in [0.29, 0.717) is 46.0 Å². The highest BCUT2D eigenvalue weighted by Gasteiger charge is 2.31. The summed E-state index contributed by atoms with van der Waals surface area (Å²) in [7, 11) is 0. The Morgan fingerprint density at radius 2 is 1.67 bits per heavy atom. The molecule has 0 saturated carbocycles. The van der Waals surface area contributed by atoms with Crippen molar-refractivity contribution in [2.45, 2.75) is 19.8 Å². The van der Waals surface area contributed by atoms with Gasteiger partial charge in [-0.3, -0.25) is 0 Å². The molecule has 0 heterocycles. The lowest BCUT2D eigenvalue weighted by Gasteiger charge is -2.31. The van der Waals surface area contributed by atoms with Gasteiger partial charge in [0.1, 0.15) is 5.84 Å². The van der Waals surface area contributed by atoms with Crippen LogP contribution < -0.4 is 11.5 Å². The molecule has 1 unspecified atom stereocenters. The Morgan fingerprint density at radius 1 is 1.10 bits per heavy atom. The van der Waals surface area contributed by atoms with E-state index < -0.39 is 5.41 Å². The Bertz CT molecular complexity index is 267. The minimum atomic E-state index is -0.630. The zero-order valence-corrected chi connectivity index (χ0v) is 12.8. The van der Waals surface area contributed by atoms with Gasteiger partial charge in [-0.05, 0) is 6.42 Å². The summed E-state index contributed by atoms with van der Waals surface area (Å²) in [4.78, 5) is 0. The van der Waals surface area contributed by atoms with Crippen molar-refractivity contribution in [1.82, 2.24) is 0 Å². The molecular weight excluding hydrogens is 278 g/mol. The van der Waals surface area contributed by atoms with Crippen LogP contribution >= 0.6 is 0 Å². The van der Waals surface area contributed by atoms with E-state index in [0.717, 1.165) is 6.42 Å². The summed E-state index contributed by atoms with van der Waals surface area (Å²) in [5, 5.41) is 21.0. The van der Waals surface area contributed by atoms with Crippen molar-refractivity contribution in [2.24, 2.45) is 22.0 Å². The topological polar surface area (TPSA) is 133 Å². The molecule has 126 valence electrons. The third-order valence-corrected chi connectivity index (χ3v) is 2.80. The number of rotatable bonds is 14. The predicted octanol–water partition coefficient (Wildman–Crippen LogP) is -0.480. The van der Waals surface area contributed by atoms with Crippen LogP contribution in [-0.4, -0.2) is 68.9 Å². The van der Waals surface area contributed by atoms with E-state index in [1.807, 2.05) is 6.92 Å². The first-order valence-corrected chi connectivity index (χ1v) is 7.14. The molecule has 0 aliphatic rings. The molecule has 0 saturated heterocycles. The van der Waals surface area contributed by atoms with Gasteiger partial charge in [-0.25, -0.2) is 0 Å². The van der Waals surface area contributed by atoms with Crippen LogP contribution in [0, 0.1) is 5.41 Å². The number of oxime groups is 1. The highest BCUT2D eigenvalue weighted by molar-refractivity contribution is 5.79. The minimum Gasteiger partial charge on any atom is -0.409 e. The van der Waals surface area contributed by atoms with Crippen molar-refractivity contribution in [3.8, 4) is 0 Å². The standard InChI is InChI=1S/C13H29N3O5/c1-2-5-19-9-13(8-17,11-21-7-4-14)10-20-6-3-12(15)16-18/h17-18H,2-11,14H2,1H3,(H2,15,16). The van der Waals surface area contributed by atoms with Gasteiger partial charge in [-0.2, -0.15) is 0 Å². The Hall–Kier alpha value is -0.930. The Labute approximate surface area is 126 Å². The van der Waals surface area contributed by atoms with Crippen molar-refractivity contribution in [3.63, 3.8) is 0 Å². The van der Waals surface area contributed by atoms with E-state index in [1.165, 1.54) is 0 Å². The van der Waals surface area contributed by atoms with Gasteiger partial charge in [0.25, 0.3) is 0 Å². The van der Waals surface area contributed by atoms with Crippen LogP contribution in [0.5, 0.6) is 0 Å². The summed E-state index contributed by atoms with van der Waals surface area (Å²) < 4.78 is 16.5. The van der Waals surface area contributed by atoms with Crippen molar-refractivity contribution in [1.29, 1.82) is 0 Å². The molecule has 0 aliphatic heterocycles. The van der Waals surface area contributed by atoms with E-state index >= 15 is 0 Å². The Morgan fingerprint density at radius 3 is 2.14 bits per heavy atom. The Balaban J connectivity index is 4.31. The van der Waals surface area contributed by atoms with E-state index in [-0.39, 0.29) is 19.0 Å². The molecule has 0 radical (unpaired) electrons. The summed E-state index contributed by atoms with van der Waals surface area (Å²) in [5.41, 5.74) is 10.1. The zero-order valence-electron chi connectivity index (χ0n) is 12.8. The second kappa shape index (κ2) is 12.8. The van der Waals surface area contributed by atoms with Gasteiger partial charge in [0.15, 0.2) is 0 Å². The number of nitrogens with two attached hydrogens (primary N) is 2. The summed E-state index contributed by atoms with van der Waals surface area (Å²) in [5.74, 6) is 0.103. The molecule has 0 rings (SSSR count). The molecule has 0 spiro atoms. The highest BCUT2D eigenvalue weighted by Crippen LogP contribution is 2.19. The average molecular weight is 307 g/mol. The number of aliphatic hydroxyl groups excluding tert-OH is 1. The number of hydrogen-bond acceptors (Lipinski definition) is 7. The maximum atomic E-state index is 9.67. The molecule has 6 N–H and O–H groups in total. The van der Waals surface area contributed by atoms with E-state index in [2.05, 4.69) is 5.16 Å². The van der Waals surface area contributed by atoms with Crippen LogP contribution in [0.1, 0.15) is 19.8 Å². The molecule has 8 heteroatoms. The second-order valence-electron chi connectivity index (χ2n) is 4.95. The van der Waals surface area contributed by atoms with E-state index in [4.69, 9.17) is 30.9 Å². The monoisotopic (exact) mass is 307 g/mol. The fourth-order valence-corrected chi connectivity index (χ4v) is 1.58. The lowest BCUT2D eigenvalue weighted by Crippen LogP contribution is -2.41. The highest BCUT2D eigenvalue weighted by atomic mass is 16.5. The molecule has 0 bridgehead atoms. The lowest BCUT2D eigenvalue weighted by atomic mass is 9.92. The number of ether oxygens (including phenoxy) is 3. The van der Waals surface area contributed by atoms with Gasteiger partial charge in [0, 0.05) is 19.6 Å². The summed E-state index contributed by atoms with van der Waals surface area (Å²) in [6.07, 6.45) is 1.22. The summed E-state index contributed by atoms with van der Waals surface area (Å²) in [6, 6.07) is 0. The van der Waals surface area contributed by atoms with Gasteiger partial charge >= 0.3 is 0 Å². The first-order chi connectivity index (χ1) is 10.1.